The van der Waals surface area contributed by atoms with Gasteiger partial charge in [0, 0.05) is 19.6 Å². The van der Waals surface area contributed by atoms with Gasteiger partial charge in [0.1, 0.15) is 5.60 Å². The van der Waals surface area contributed by atoms with Crippen LogP contribution in [0.2, 0.25) is 0 Å². The van der Waals surface area contributed by atoms with Gasteiger partial charge in [0.15, 0.2) is 0 Å². The van der Waals surface area contributed by atoms with Crippen molar-refractivity contribution >= 4 is 11.7 Å². The predicted octanol–water partition coefficient (Wildman–Crippen LogP) is 3.17. The van der Waals surface area contributed by atoms with Crippen LogP contribution >= 0.6 is 0 Å². The Hall–Kier alpha value is -1.81. The quantitative estimate of drug-likeness (QED) is 0.909. The third kappa shape index (κ3) is 4.08. The Morgan fingerprint density at radius 1 is 1.33 bits per heavy atom. The molecule has 0 saturated heterocycles. The Morgan fingerprint density at radius 2 is 2.05 bits per heavy atom. The number of carbonyl (C=O) groups is 1. The van der Waals surface area contributed by atoms with E-state index in [1.165, 1.54) is 11.1 Å². The maximum Gasteiger partial charge on any atom is 0.410 e. The fourth-order valence-corrected chi connectivity index (χ4v) is 2.42. The molecule has 0 bridgehead atoms. The number of benzene rings is 1. The predicted molar refractivity (Wildman–Crippen MR) is 84.7 cm³/mol. The van der Waals surface area contributed by atoms with Gasteiger partial charge >= 0.3 is 6.09 Å². The van der Waals surface area contributed by atoms with E-state index in [-0.39, 0.29) is 6.09 Å². The first-order chi connectivity index (χ1) is 9.90. The number of amides is 1. The molecule has 1 aromatic carbocycles. The number of hydrogen-bond acceptors (Lipinski definition) is 3. The minimum absolute atomic E-state index is 0.245. The molecule has 114 valence electrons. The van der Waals surface area contributed by atoms with Gasteiger partial charge in [0.2, 0.25) is 0 Å². The lowest BCUT2D eigenvalue weighted by Crippen LogP contribution is -2.39. The molecule has 0 spiro atoms. The molecule has 0 unspecified atom stereocenters. The van der Waals surface area contributed by atoms with Gasteiger partial charge in [-0.15, -0.1) is 0 Å². The third-order valence-electron chi connectivity index (χ3n) is 3.44. The fraction of sp³-hybridized carbons (Fsp3) is 0.471. The van der Waals surface area contributed by atoms with Crippen molar-refractivity contribution in [3.63, 3.8) is 0 Å². The lowest BCUT2D eigenvalue weighted by molar-refractivity contribution is 0.0270. The molecule has 0 fully saturated rings. The first-order valence-electron chi connectivity index (χ1n) is 7.36. The Balaban J connectivity index is 2.07. The van der Waals surface area contributed by atoms with Gasteiger partial charge in [-0.3, -0.25) is 0 Å². The molecule has 4 nitrogen and oxygen atoms in total. The molecule has 1 heterocycles. The van der Waals surface area contributed by atoms with Crippen LogP contribution in [0.15, 0.2) is 30.3 Å². The molecule has 0 atom stereocenters. The second kappa shape index (κ2) is 6.31. The highest BCUT2D eigenvalue weighted by molar-refractivity contribution is 5.73. The van der Waals surface area contributed by atoms with Crippen LogP contribution < -0.4 is 5.73 Å². The Kier molecular flexibility index (Phi) is 4.68. The number of nitrogens with two attached hydrogens (primary N) is 1. The van der Waals surface area contributed by atoms with Crippen molar-refractivity contribution in [3.05, 3.63) is 41.5 Å². The van der Waals surface area contributed by atoms with Gasteiger partial charge in [0.05, 0.1) is 0 Å². The lowest BCUT2D eigenvalue weighted by atomic mass is 9.95. The summed E-state index contributed by atoms with van der Waals surface area (Å²) in [7, 11) is 0. The SMILES string of the molecule is CC(C)(C)OC(=O)N1CC=C(c2ccccc2CN)CC1. The van der Waals surface area contributed by atoms with Crippen molar-refractivity contribution in [1.29, 1.82) is 0 Å². The molecular weight excluding hydrogens is 264 g/mol. The van der Waals surface area contributed by atoms with E-state index in [0.29, 0.717) is 19.6 Å². The van der Waals surface area contributed by atoms with E-state index in [2.05, 4.69) is 18.2 Å². The molecule has 1 amide bonds. The first kappa shape index (κ1) is 15.6. The number of ether oxygens (including phenoxy) is 1. The summed E-state index contributed by atoms with van der Waals surface area (Å²) >= 11 is 0. The zero-order valence-corrected chi connectivity index (χ0v) is 13.1. The maximum absolute atomic E-state index is 12.0. The van der Waals surface area contributed by atoms with E-state index in [4.69, 9.17) is 10.5 Å². The molecule has 2 rings (SSSR count). The minimum atomic E-state index is -0.451. The van der Waals surface area contributed by atoms with Crippen LogP contribution in [-0.4, -0.2) is 29.7 Å². The zero-order chi connectivity index (χ0) is 15.5. The van der Waals surface area contributed by atoms with Gasteiger partial charge in [-0.1, -0.05) is 30.3 Å². The second-order valence-corrected chi connectivity index (χ2v) is 6.27. The van der Waals surface area contributed by atoms with Crippen LogP contribution in [-0.2, 0) is 11.3 Å². The largest absolute Gasteiger partial charge is 0.444 e. The molecule has 1 aliphatic rings. The second-order valence-electron chi connectivity index (χ2n) is 6.27. The number of nitrogens with zero attached hydrogens (tertiary/aromatic N) is 1. The van der Waals surface area contributed by atoms with Gasteiger partial charge in [-0.05, 0) is 43.9 Å². The maximum atomic E-state index is 12.0. The average molecular weight is 288 g/mol. The highest BCUT2D eigenvalue weighted by Gasteiger charge is 2.24. The highest BCUT2D eigenvalue weighted by Crippen LogP contribution is 2.26. The van der Waals surface area contributed by atoms with Crippen molar-refractivity contribution in [2.75, 3.05) is 13.1 Å². The normalized spacial score (nSPS) is 15.6. The molecule has 2 N–H and O–H groups in total. The molecule has 0 radical (unpaired) electrons. The van der Waals surface area contributed by atoms with E-state index < -0.39 is 5.60 Å². The van der Waals surface area contributed by atoms with Crippen LogP contribution in [0, 0.1) is 0 Å². The van der Waals surface area contributed by atoms with E-state index in [1.807, 2.05) is 32.9 Å². The van der Waals surface area contributed by atoms with Crippen LogP contribution in [0.4, 0.5) is 4.79 Å². The first-order valence-corrected chi connectivity index (χ1v) is 7.36. The Morgan fingerprint density at radius 3 is 2.62 bits per heavy atom. The molecule has 0 aromatic heterocycles. The van der Waals surface area contributed by atoms with Crippen LogP contribution in [0.25, 0.3) is 5.57 Å². The summed E-state index contributed by atoms with van der Waals surface area (Å²) in [6.45, 7) is 7.45. The highest BCUT2D eigenvalue weighted by atomic mass is 16.6. The summed E-state index contributed by atoms with van der Waals surface area (Å²) in [5.74, 6) is 0. The fourth-order valence-electron chi connectivity index (χ4n) is 2.42. The molecule has 4 heteroatoms. The average Bonchev–Trinajstić information content (AvgIpc) is 2.45. The van der Waals surface area contributed by atoms with Crippen molar-refractivity contribution < 1.29 is 9.53 Å². The summed E-state index contributed by atoms with van der Waals surface area (Å²) in [6.07, 6.45) is 2.68. The summed E-state index contributed by atoms with van der Waals surface area (Å²) in [5.41, 5.74) is 8.95. The molecule has 0 saturated carbocycles. The van der Waals surface area contributed by atoms with Crippen molar-refractivity contribution in [1.82, 2.24) is 4.90 Å². The summed E-state index contributed by atoms with van der Waals surface area (Å²) in [6, 6.07) is 8.17. The van der Waals surface area contributed by atoms with Crippen LogP contribution in [0.5, 0.6) is 0 Å². The van der Waals surface area contributed by atoms with E-state index in [1.54, 1.807) is 4.90 Å². The molecule has 1 aromatic rings. The molecule has 21 heavy (non-hydrogen) atoms. The van der Waals surface area contributed by atoms with Gasteiger partial charge in [0.25, 0.3) is 0 Å². The monoisotopic (exact) mass is 288 g/mol. The smallest absolute Gasteiger partial charge is 0.410 e. The molecular formula is C17H24N2O2. The van der Waals surface area contributed by atoms with Crippen molar-refractivity contribution in [2.24, 2.45) is 5.73 Å². The standard InChI is InChI=1S/C17H24N2O2/c1-17(2,3)21-16(20)19-10-8-13(9-11-19)15-7-5-4-6-14(15)12-18/h4-8H,9-12,18H2,1-3H3. The van der Waals surface area contributed by atoms with Crippen molar-refractivity contribution in [2.45, 2.75) is 39.3 Å². The third-order valence-corrected chi connectivity index (χ3v) is 3.44. The number of rotatable bonds is 2. The molecule has 1 aliphatic heterocycles. The van der Waals surface area contributed by atoms with E-state index in [0.717, 1.165) is 12.0 Å². The van der Waals surface area contributed by atoms with Gasteiger partial charge in [-0.2, -0.15) is 0 Å². The molecule has 0 aliphatic carbocycles. The Labute approximate surface area is 126 Å². The van der Waals surface area contributed by atoms with Gasteiger partial charge < -0.3 is 15.4 Å². The van der Waals surface area contributed by atoms with Crippen molar-refractivity contribution in [3.8, 4) is 0 Å². The van der Waals surface area contributed by atoms with E-state index in [9.17, 15) is 4.79 Å². The topological polar surface area (TPSA) is 55.6 Å². The number of carbonyl (C=O) groups excluding carboxylic acids is 1. The zero-order valence-electron chi connectivity index (χ0n) is 13.1. The van der Waals surface area contributed by atoms with Crippen LogP contribution in [0.1, 0.15) is 38.3 Å². The van der Waals surface area contributed by atoms with E-state index >= 15 is 0 Å². The number of hydrogen-bond donors (Lipinski definition) is 1. The summed E-state index contributed by atoms with van der Waals surface area (Å²) < 4.78 is 5.40. The van der Waals surface area contributed by atoms with Crippen LogP contribution in [0.3, 0.4) is 0 Å². The van der Waals surface area contributed by atoms with Gasteiger partial charge in [-0.25, -0.2) is 4.79 Å². The summed E-state index contributed by atoms with van der Waals surface area (Å²) in [4.78, 5) is 13.8. The summed E-state index contributed by atoms with van der Waals surface area (Å²) in [5, 5.41) is 0. The Bertz CT molecular complexity index is 544. The minimum Gasteiger partial charge on any atom is -0.444 e. The lowest BCUT2D eigenvalue weighted by Gasteiger charge is -2.30.